The molecule has 13 heteroatoms. The summed E-state index contributed by atoms with van der Waals surface area (Å²) in [4.78, 5) is 34.5. The van der Waals surface area contributed by atoms with Crippen molar-refractivity contribution >= 4 is 44.1 Å². The van der Waals surface area contributed by atoms with Crippen LogP contribution in [0.15, 0.2) is 47.8 Å². The Bertz CT molecular complexity index is 1800. The molecule has 6 rings (SSSR count). The van der Waals surface area contributed by atoms with Crippen LogP contribution in [0, 0.1) is 12.7 Å². The second-order valence-corrected chi connectivity index (χ2v) is 13.4. The molecule has 0 spiro atoms. The van der Waals surface area contributed by atoms with Crippen LogP contribution in [-0.2, 0) is 14.6 Å². The van der Waals surface area contributed by atoms with Crippen LogP contribution >= 0.6 is 0 Å². The number of piperazine rings is 1. The topological polar surface area (TPSA) is 136 Å². The number of sulfone groups is 1. The Kier molecular flexibility index (Phi) is 7.65. The lowest BCUT2D eigenvalue weighted by Gasteiger charge is -2.41. The number of anilines is 3. The van der Waals surface area contributed by atoms with Crippen molar-refractivity contribution in [1.82, 2.24) is 29.7 Å². The number of benzene rings is 1. The summed E-state index contributed by atoms with van der Waals surface area (Å²) in [6, 6.07) is 6.67. The molecule has 11 nitrogen and oxygen atoms in total. The first-order valence-electron chi connectivity index (χ1n) is 14.4. The molecule has 43 heavy (non-hydrogen) atoms. The molecule has 3 unspecified atom stereocenters. The van der Waals surface area contributed by atoms with Gasteiger partial charge in [0, 0.05) is 61.0 Å². The van der Waals surface area contributed by atoms with Crippen LogP contribution in [0.3, 0.4) is 0 Å². The highest BCUT2D eigenvalue weighted by Gasteiger charge is 2.41. The molecule has 0 aliphatic carbocycles. The molecule has 2 saturated heterocycles. The predicted molar refractivity (Wildman–Crippen MR) is 164 cm³/mol. The first-order chi connectivity index (χ1) is 20.5. The molecule has 2 bridgehead atoms. The second kappa shape index (κ2) is 11.3. The van der Waals surface area contributed by atoms with E-state index >= 15 is 0 Å². The number of H-pyrrole nitrogens is 1. The van der Waals surface area contributed by atoms with E-state index in [9.17, 15) is 17.6 Å². The summed E-state index contributed by atoms with van der Waals surface area (Å²) < 4.78 is 38.9. The normalized spacial score (nSPS) is 19.9. The average Bonchev–Trinajstić information content (AvgIpc) is 3.46. The highest BCUT2D eigenvalue weighted by atomic mass is 32.2. The van der Waals surface area contributed by atoms with Gasteiger partial charge in [-0.05, 0) is 57.0 Å². The van der Waals surface area contributed by atoms with Crippen LogP contribution in [0.25, 0.3) is 22.2 Å². The van der Waals surface area contributed by atoms with E-state index in [0.717, 1.165) is 35.9 Å². The van der Waals surface area contributed by atoms with Gasteiger partial charge in [-0.25, -0.2) is 27.8 Å². The summed E-state index contributed by atoms with van der Waals surface area (Å²) in [6.45, 7) is 5.67. The number of aryl methyl sites for hydroxylation is 1. The van der Waals surface area contributed by atoms with Crippen LogP contribution in [0.5, 0.6) is 0 Å². The van der Waals surface area contributed by atoms with E-state index in [1.54, 1.807) is 18.6 Å². The number of hydrogen-bond donors (Lipinski definition) is 3. The maximum Gasteiger partial charge on any atom is 0.242 e. The lowest BCUT2D eigenvalue weighted by Crippen LogP contribution is -2.57. The summed E-state index contributed by atoms with van der Waals surface area (Å²) in [5.41, 5.74) is 2.73. The highest BCUT2D eigenvalue weighted by molar-refractivity contribution is 7.90. The van der Waals surface area contributed by atoms with E-state index in [1.165, 1.54) is 31.0 Å². The van der Waals surface area contributed by atoms with Crippen LogP contribution in [0.4, 0.5) is 21.8 Å². The molecule has 3 aromatic heterocycles. The Labute approximate surface area is 249 Å². The molecule has 1 aromatic carbocycles. The third kappa shape index (κ3) is 5.48. The first kappa shape index (κ1) is 29.1. The second-order valence-electron chi connectivity index (χ2n) is 11.4. The number of rotatable bonds is 8. The summed E-state index contributed by atoms with van der Waals surface area (Å²) >= 11 is 0. The number of hydrogen-bond acceptors (Lipinski definition) is 9. The van der Waals surface area contributed by atoms with Gasteiger partial charge in [-0.1, -0.05) is 13.0 Å². The number of halogens is 1. The van der Waals surface area contributed by atoms with Crippen molar-refractivity contribution in [3.05, 3.63) is 54.2 Å². The average molecular weight is 607 g/mol. The standard InChI is InChI=1S/C30H35FN8O3S/c1-5-23(39-15-18-9-10-19(16-39)38(18)3)29(40)37-28-27-20(11-12-32-28)21(14-33-27)26-17(2)13-34-30(36-26)35-22-7-6-8-24(25(22)31)43(4,41)42/h6-8,11-14,18-19,23,33H,5,9-10,15-16H2,1-4H3,(H,32,37,40)(H,34,35,36). The van der Waals surface area contributed by atoms with Crippen molar-refractivity contribution in [2.24, 2.45) is 0 Å². The molecule has 5 heterocycles. The third-order valence-electron chi connectivity index (χ3n) is 8.69. The SMILES string of the molecule is CCC(C(=O)Nc1nccc2c(-c3nc(Nc4cccc(S(C)(=O)=O)c4F)ncc3C)c[nH]c12)N1CC2CCC(C1)N2C. The molecule has 226 valence electrons. The van der Waals surface area contributed by atoms with Gasteiger partial charge in [-0.3, -0.25) is 14.6 Å². The minimum absolute atomic E-state index is 0.0512. The minimum atomic E-state index is -3.75. The molecule has 3 atom stereocenters. The van der Waals surface area contributed by atoms with E-state index in [-0.39, 0.29) is 23.6 Å². The molecule has 0 radical (unpaired) electrons. The molecule has 2 aliphatic rings. The van der Waals surface area contributed by atoms with E-state index in [4.69, 9.17) is 0 Å². The van der Waals surface area contributed by atoms with E-state index < -0.39 is 20.5 Å². The fourth-order valence-corrected chi connectivity index (χ4v) is 7.11. The number of nitrogens with zero attached hydrogens (tertiary/aromatic N) is 5. The number of nitrogens with one attached hydrogen (secondary N) is 3. The van der Waals surface area contributed by atoms with Gasteiger partial charge in [0.25, 0.3) is 0 Å². The van der Waals surface area contributed by atoms with Gasteiger partial charge in [0.1, 0.15) is 4.90 Å². The predicted octanol–water partition coefficient (Wildman–Crippen LogP) is 4.11. The molecule has 3 N–H and O–H groups in total. The number of pyridine rings is 1. The molecule has 4 aromatic rings. The lowest BCUT2D eigenvalue weighted by molar-refractivity contribution is -0.122. The quantitative estimate of drug-likeness (QED) is 0.271. The zero-order valence-electron chi connectivity index (χ0n) is 24.6. The fraction of sp³-hybridized carbons (Fsp3) is 0.400. The Balaban J connectivity index is 1.26. The van der Waals surface area contributed by atoms with E-state index in [2.05, 4.69) is 47.4 Å². The molecular weight excluding hydrogens is 571 g/mol. The number of likely N-dealkylation sites (N-methyl/N-ethyl adjacent to an activating group) is 1. The number of aromatic nitrogens is 4. The Morgan fingerprint density at radius 1 is 1.19 bits per heavy atom. The van der Waals surface area contributed by atoms with Crippen molar-refractivity contribution in [3.8, 4) is 11.3 Å². The van der Waals surface area contributed by atoms with Gasteiger partial charge in [-0.2, -0.15) is 0 Å². The minimum Gasteiger partial charge on any atom is -0.357 e. The Morgan fingerprint density at radius 3 is 2.63 bits per heavy atom. The maximum atomic E-state index is 15.0. The molecule has 2 aliphatic heterocycles. The largest absolute Gasteiger partial charge is 0.357 e. The van der Waals surface area contributed by atoms with Crippen LogP contribution in [0.1, 0.15) is 31.7 Å². The molecular formula is C30H35FN8O3S. The van der Waals surface area contributed by atoms with Crippen LogP contribution in [0.2, 0.25) is 0 Å². The number of amides is 1. The molecule has 2 fully saturated rings. The Hall–Kier alpha value is -3.94. The zero-order chi connectivity index (χ0) is 30.5. The van der Waals surface area contributed by atoms with E-state index in [0.29, 0.717) is 35.5 Å². The lowest BCUT2D eigenvalue weighted by atomic mass is 10.1. The fourth-order valence-electron chi connectivity index (χ4n) is 6.34. The van der Waals surface area contributed by atoms with Crippen molar-refractivity contribution in [2.45, 2.75) is 56.1 Å². The van der Waals surface area contributed by atoms with E-state index in [1.807, 2.05) is 19.9 Å². The number of fused-ring (bicyclic) bond motifs is 3. The number of carbonyl (C=O) groups is 1. The highest BCUT2D eigenvalue weighted by Crippen LogP contribution is 2.34. The van der Waals surface area contributed by atoms with Crippen molar-refractivity contribution in [3.63, 3.8) is 0 Å². The van der Waals surface area contributed by atoms with Crippen molar-refractivity contribution in [1.29, 1.82) is 0 Å². The number of carbonyl (C=O) groups excluding carboxylic acids is 1. The van der Waals surface area contributed by atoms with Crippen molar-refractivity contribution in [2.75, 3.05) is 37.0 Å². The van der Waals surface area contributed by atoms with Crippen molar-refractivity contribution < 1.29 is 17.6 Å². The summed E-state index contributed by atoms with van der Waals surface area (Å²) in [5.74, 6) is -0.433. The van der Waals surface area contributed by atoms with Gasteiger partial charge in [0.15, 0.2) is 21.5 Å². The zero-order valence-corrected chi connectivity index (χ0v) is 25.4. The van der Waals surface area contributed by atoms with Crippen LogP contribution < -0.4 is 10.6 Å². The molecule has 1 amide bonds. The number of aromatic amines is 1. The first-order valence-corrected chi connectivity index (χ1v) is 16.3. The van der Waals surface area contributed by atoms with Gasteiger partial charge in [0.05, 0.1) is 22.9 Å². The Morgan fingerprint density at radius 2 is 1.93 bits per heavy atom. The monoisotopic (exact) mass is 606 g/mol. The third-order valence-corrected chi connectivity index (χ3v) is 9.80. The van der Waals surface area contributed by atoms with Crippen LogP contribution in [-0.4, -0.2) is 88.6 Å². The number of likely N-dealkylation sites (tertiary alicyclic amines) is 1. The maximum absolute atomic E-state index is 15.0. The summed E-state index contributed by atoms with van der Waals surface area (Å²) in [7, 11) is -1.57. The van der Waals surface area contributed by atoms with Gasteiger partial charge < -0.3 is 15.6 Å². The summed E-state index contributed by atoms with van der Waals surface area (Å²) in [6.07, 6.45) is 9.05. The van der Waals surface area contributed by atoms with Gasteiger partial charge >= 0.3 is 0 Å². The van der Waals surface area contributed by atoms with Gasteiger partial charge in [0.2, 0.25) is 11.9 Å². The summed E-state index contributed by atoms with van der Waals surface area (Å²) in [5, 5.41) is 6.68. The molecule has 0 saturated carbocycles. The smallest absolute Gasteiger partial charge is 0.242 e. The van der Waals surface area contributed by atoms with Gasteiger partial charge in [-0.15, -0.1) is 0 Å².